The number of rotatable bonds is 9. The Balaban J connectivity index is 2.39. The van der Waals surface area contributed by atoms with Crippen molar-refractivity contribution in [3.8, 4) is 0 Å². The van der Waals surface area contributed by atoms with Gasteiger partial charge >= 0.3 is 0 Å². The molecule has 2 heteroatoms. The van der Waals surface area contributed by atoms with Crippen LogP contribution in [0.4, 0.5) is 0 Å². The van der Waals surface area contributed by atoms with Gasteiger partial charge in [-0.2, -0.15) is 0 Å². The average molecular weight is 255 g/mol. The van der Waals surface area contributed by atoms with Gasteiger partial charge in [-0.15, -0.1) is 0 Å². The van der Waals surface area contributed by atoms with Crippen LogP contribution in [0.2, 0.25) is 0 Å². The minimum Gasteiger partial charge on any atom is -0.385 e. The van der Waals surface area contributed by atoms with E-state index in [4.69, 9.17) is 4.74 Å². The molecule has 1 saturated carbocycles. The van der Waals surface area contributed by atoms with Gasteiger partial charge in [-0.1, -0.05) is 33.1 Å². The summed E-state index contributed by atoms with van der Waals surface area (Å²) < 4.78 is 5.31. The maximum Gasteiger partial charge on any atom is 0.0468 e. The van der Waals surface area contributed by atoms with Crippen molar-refractivity contribution >= 4 is 0 Å². The molecule has 0 atom stereocenters. The molecule has 18 heavy (non-hydrogen) atoms. The van der Waals surface area contributed by atoms with Gasteiger partial charge in [0.1, 0.15) is 0 Å². The maximum absolute atomic E-state index is 5.31. The molecule has 2 nitrogen and oxygen atoms in total. The summed E-state index contributed by atoms with van der Waals surface area (Å²) in [6.45, 7) is 7.71. The molecule has 1 aliphatic rings. The molecule has 1 fully saturated rings. The molecule has 0 bridgehead atoms. The molecule has 0 amide bonds. The number of ether oxygens (including phenoxy) is 1. The van der Waals surface area contributed by atoms with Crippen molar-refractivity contribution in [1.82, 2.24) is 5.32 Å². The predicted molar refractivity (Wildman–Crippen MR) is 79.0 cm³/mol. The minimum atomic E-state index is 0.523. The van der Waals surface area contributed by atoms with E-state index in [1.165, 1.54) is 57.9 Å². The van der Waals surface area contributed by atoms with Crippen molar-refractivity contribution < 1.29 is 4.74 Å². The highest BCUT2D eigenvalue weighted by Gasteiger charge is 2.34. The largest absolute Gasteiger partial charge is 0.385 e. The van der Waals surface area contributed by atoms with Crippen molar-refractivity contribution in [3.63, 3.8) is 0 Å². The zero-order valence-corrected chi connectivity index (χ0v) is 12.8. The average Bonchev–Trinajstić information content (AvgIpc) is 2.42. The van der Waals surface area contributed by atoms with E-state index >= 15 is 0 Å². The molecule has 0 aromatic heterocycles. The monoisotopic (exact) mass is 255 g/mol. The third kappa shape index (κ3) is 5.27. The fourth-order valence-corrected chi connectivity index (χ4v) is 3.30. The van der Waals surface area contributed by atoms with Crippen LogP contribution in [-0.4, -0.2) is 26.8 Å². The molecule has 0 spiro atoms. The van der Waals surface area contributed by atoms with E-state index in [9.17, 15) is 0 Å². The van der Waals surface area contributed by atoms with Gasteiger partial charge in [0, 0.05) is 20.3 Å². The Morgan fingerprint density at radius 1 is 1.22 bits per heavy atom. The summed E-state index contributed by atoms with van der Waals surface area (Å²) >= 11 is 0. The second-order valence-corrected chi connectivity index (χ2v) is 6.11. The molecule has 0 unspecified atom stereocenters. The number of hydrogen-bond donors (Lipinski definition) is 1. The van der Waals surface area contributed by atoms with Gasteiger partial charge in [0.15, 0.2) is 0 Å². The van der Waals surface area contributed by atoms with Gasteiger partial charge in [0.2, 0.25) is 0 Å². The molecular weight excluding hydrogens is 222 g/mol. The molecule has 108 valence electrons. The summed E-state index contributed by atoms with van der Waals surface area (Å²) in [6.07, 6.45) is 11.1. The van der Waals surface area contributed by atoms with E-state index in [-0.39, 0.29) is 0 Å². The third-order valence-corrected chi connectivity index (χ3v) is 4.72. The number of methoxy groups -OCH3 is 1. The zero-order chi connectivity index (χ0) is 13.3. The van der Waals surface area contributed by atoms with Crippen LogP contribution in [0.25, 0.3) is 0 Å². The summed E-state index contributed by atoms with van der Waals surface area (Å²) in [5.74, 6) is 1.00. The Morgan fingerprint density at radius 3 is 2.50 bits per heavy atom. The summed E-state index contributed by atoms with van der Waals surface area (Å²) in [5, 5.41) is 3.57. The van der Waals surface area contributed by atoms with E-state index in [1.807, 2.05) is 7.11 Å². The molecular formula is C16H33NO. The summed E-state index contributed by atoms with van der Waals surface area (Å²) in [5.41, 5.74) is 0.523. The smallest absolute Gasteiger partial charge is 0.0468 e. The van der Waals surface area contributed by atoms with E-state index in [0.29, 0.717) is 5.41 Å². The van der Waals surface area contributed by atoms with Crippen molar-refractivity contribution in [1.29, 1.82) is 0 Å². The van der Waals surface area contributed by atoms with Crippen LogP contribution < -0.4 is 5.32 Å². The first-order valence-corrected chi connectivity index (χ1v) is 7.96. The lowest BCUT2D eigenvalue weighted by Crippen LogP contribution is -2.38. The Kier molecular flexibility index (Phi) is 7.92. The van der Waals surface area contributed by atoms with Gasteiger partial charge in [-0.05, 0) is 50.0 Å². The lowest BCUT2D eigenvalue weighted by molar-refractivity contribution is 0.0827. The second-order valence-electron chi connectivity index (χ2n) is 6.11. The minimum absolute atomic E-state index is 0.523. The molecule has 0 aromatic rings. The predicted octanol–water partition coefficient (Wildman–Crippen LogP) is 4.00. The van der Waals surface area contributed by atoms with E-state index in [2.05, 4.69) is 19.2 Å². The third-order valence-electron chi connectivity index (χ3n) is 4.72. The number of unbranched alkanes of at least 4 members (excludes halogenated alkanes) is 1. The Labute approximate surface area is 114 Å². The lowest BCUT2D eigenvalue weighted by Gasteiger charge is -2.40. The first-order chi connectivity index (χ1) is 8.76. The highest BCUT2D eigenvalue weighted by molar-refractivity contribution is 4.87. The van der Waals surface area contributed by atoms with Crippen molar-refractivity contribution in [3.05, 3.63) is 0 Å². The molecule has 0 radical (unpaired) electrons. The number of nitrogens with one attached hydrogen (secondary N) is 1. The topological polar surface area (TPSA) is 21.3 Å². The lowest BCUT2D eigenvalue weighted by atomic mass is 9.68. The molecule has 1 aliphatic carbocycles. The molecule has 1 N–H and O–H groups in total. The Hall–Kier alpha value is -0.0800. The standard InChI is InChI=1S/C16H33NO/c1-4-6-7-15-8-10-16(11-9-15,12-13-18-3)14-17-5-2/h15,17H,4-14H2,1-3H3. The highest BCUT2D eigenvalue weighted by Crippen LogP contribution is 2.42. The van der Waals surface area contributed by atoms with Crippen LogP contribution in [0.5, 0.6) is 0 Å². The van der Waals surface area contributed by atoms with Gasteiger partial charge in [0.05, 0.1) is 0 Å². The molecule has 1 rings (SSSR count). The molecule has 0 aliphatic heterocycles. The normalized spacial score (nSPS) is 28.5. The highest BCUT2D eigenvalue weighted by atomic mass is 16.5. The van der Waals surface area contributed by atoms with Crippen molar-refractivity contribution in [2.75, 3.05) is 26.8 Å². The van der Waals surface area contributed by atoms with Gasteiger partial charge in [-0.25, -0.2) is 0 Å². The van der Waals surface area contributed by atoms with Crippen LogP contribution in [-0.2, 0) is 4.74 Å². The molecule has 0 aromatic carbocycles. The maximum atomic E-state index is 5.31. The van der Waals surface area contributed by atoms with Gasteiger partial charge in [0.25, 0.3) is 0 Å². The van der Waals surface area contributed by atoms with Crippen LogP contribution in [0, 0.1) is 11.3 Å². The van der Waals surface area contributed by atoms with Crippen molar-refractivity contribution in [2.45, 2.75) is 65.2 Å². The molecule has 0 heterocycles. The quantitative estimate of drug-likeness (QED) is 0.672. The zero-order valence-electron chi connectivity index (χ0n) is 12.8. The van der Waals surface area contributed by atoms with Crippen LogP contribution >= 0.6 is 0 Å². The second kappa shape index (κ2) is 8.92. The van der Waals surface area contributed by atoms with Crippen molar-refractivity contribution in [2.24, 2.45) is 11.3 Å². The van der Waals surface area contributed by atoms with Crippen LogP contribution in [0.1, 0.15) is 65.2 Å². The first kappa shape index (κ1) is 16.0. The van der Waals surface area contributed by atoms with Gasteiger partial charge in [-0.3, -0.25) is 0 Å². The van der Waals surface area contributed by atoms with E-state index in [1.54, 1.807) is 0 Å². The Morgan fingerprint density at radius 2 is 1.94 bits per heavy atom. The number of hydrogen-bond acceptors (Lipinski definition) is 2. The Bertz CT molecular complexity index is 187. The SMILES string of the molecule is CCCCC1CCC(CCOC)(CNCC)CC1. The fourth-order valence-electron chi connectivity index (χ4n) is 3.30. The fraction of sp³-hybridized carbons (Fsp3) is 1.00. The van der Waals surface area contributed by atoms with Crippen LogP contribution in [0.3, 0.4) is 0 Å². The first-order valence-electron chi connectivity index (χ1n) is 7.96. The summed E-state index contributed by atoms with van der Waals surface area (Å²) in [7, 11) is 1.83. The van der Waals surface area contributed by atoms with Crippen LogP contribution in [0.15, 0.2) is 0 Å². The summed E-state index contributed by atoms with van der Waals surface area (Å²) in [6, 6.07) is 0. The van der Waals surface area contributed by atoms with E-state index in [0.717, 1.165) is 19.1 Å². The van der Waals surface area contributed by atoms with Gasteiger partial charge < -0.3 is 10.1 Å². The molecule has 0 saturated heterocycles. The van der Waals surface area contributed by atoms with E-state index < -0.39 is 0 Å². The summed E-state index contributed by atoms with van der Waals surface area (Å²) in [4.78, 5) is 0.